The molecule has 0 aliphatic heterocycles. The quantitative estimate of drug-likeness (QED) is 0.223. The van der Waals surface area contributed by atoms with Crippen molar-refractivity contribution in [3.05, 3.63) is 57.0 Å². The van der Waals surface area contributed by atoms with Crippen molar-refractivity contribution in [1.82, 2.24) is 14.3 Å². The lowest BCUT2D eigenvalue weighted by atomic mass is 9.33. The maximum absolute atomic E-state index is 14.7. The van der Waals surface area contributed by atoms with Gasteiger partial charge in [0.25, 0.3) is 5.56 Å². The Hall–Kier alpha value is -3.66. The van der Waals surface area contributed by atoms with Gasteiger partial charge in [0.05, 0.1) is 36.9 Å². The molecule has 60 heavy (non-hydrogen) atoms. The molecule has 5 aliphatic carbocycles. The van der Waals surface area contributed by atoms with Crippen LogP contribution in [0, 0.1) is 57.7 Å². The van der Waals surface area contributed by atoms with Crippen LogP contribution in [0.25, 0.3) is 5.69 Å². The number of hydrogen-bond donors (Lipinski definition) is 1. The average Bonchev–Trinajstić information content (AvgIpc) is 3.61. The molecule has 0 bridgehead atoms. The highest BCUT2D eigenvalue weighted by atomic mass is 16.5. The molecule has 0 amide bonds. The van der Waals surface area contributed by atoms with Crippen LogP contribution in [-0.2, 0) is 31.1 Å². The van der Waals surface area contributed by atoms with Gasteiger partial charge in [-0.05, 0) is 162 Å². The Bertz CT molecular complexity index is 2140. The molecule has 7 rings (SSSR count). The van der Waals surface area contributed by atoms with E-state index < -0.39 is 22.8 Å². The van der Waals surface area contributed by atoms with E-state index in [1.807, 2.05) is 35.9 Å². The first-order valence-electron chi connectivity index (χ1n) is 22.7. The molecule has 4 fully saturated rings. The summed E-state index contributed by atoms with van der Waals surface area (Å²) in [5, 5.41) is 9.69. The number of ether oxygens (including phenoxy) is 2. The van der Waals surface area contributed by atoms with Gasteiger partial charge in [-0.2, -0.15) is 0 Å². The summed E-state index contributed by atoms with van der Waals surface area (Å²) >= 11 is 0. The fourth-order valence-electron chi connectivity index (χ4n) is 14.5. The van der Waals surface area contributed by atoms with E-state index in [9.17, 15) is 24.3 Å². The Morgan fingerprint density at radius 1 is 0.917 bits per heavy atom. The van der Waals surface area contributed by atoms with E-state index in [0.717, 1.165) is 86.2 Å². The number of rotatable bonds is 11. The number of Topliss-reactive ketones (excluding diaryl/α,β-unsaturated/α-hetero) is 1. The summed E-state index contributed by atoms with van der Waals surface area (Å²) in [6.45, 7) is 23.1. The van der Waals surface area contributed by atoms with Gasteiger partial charge in [-0.15, -0.1) is 0 Å². The number of carboxylic acids is 1. The third-order valence-corrected chi connectivity index (χ3v) is 17.7. The van der Waals surface area contributed by atoms with Crippen LogP contribution in [0.3, 0.4) is 0 Å². The van der Waals surface area contributed by atoms with Crippen LogP contribution < -0.4 is 10.3 Å². The fraction of sp³-hybridized carbons (Fsp3) is 0.720. The van der Waals surface area contributed by atoms with E-state index in [0.29, 0.717) is 24.8 Å². The first-order valence-corrected chi connectivity index (χ1v) is 22.7. The summed E-state index contributed by atoms with van der Waals surface area (Å²) in [5.41, 5.74) is 2.82. The molecular formula is C50H73N3O7. The second kappa shape index (κ2) is 15.0. The molecule has 2 aromatic rings. The number of carbonyl (C=O) groups excluding carboxylic acids is 2. The minimum atomic E-state index is -1.18. The van der Waals surface area contributed by atoms with Gasteiger partial charge in [-0.3, -0.25) is 23.9 Å². The van der Waals surface area contributed by atoms with E-state index in [4.69, 9.17) is 9.47 Å². The highest BCUT2D eigenvalue weighted by molar-refractivity contribution is 6.02. The lowest BCUT2D eigenvalue weighted by Crippen LogP contribution is -2.66. The van der Waals surface area contributed by atoms with Crippen molar-refractivity contribution in [2.75, 3.05) is 27.7 Å². The smallest absolute Gasteiger partial charge is 0.309 e. The first-order chi connectivity index (χ1) is 27.9. The third-order valence-electron chi connectivity index (χ3n) is 17.7. The zero-order valence-electron chi connectivity index (χ0n) is 38.9. The number of carboxylic acid groups (broad SMARTS) is 1. The van der Waals surface area contributed by atoms with Gasteiger partial charge in [0.2, 0.25) is 0 Å². The van der Waals surface area contributed by atoms with Crippen LogP contribution in [-0.4, -0.2) is 70.9 Å². The Balaban J connectivity index is 1.29. The standard InChI is InChI=1S/C50H73N3O7/c1-30(2)40-35(54)28-50(42-31(3)43(56)53(52(42)27-26-51(11)12)32-14-16-33(59-13)17-15-32)25-24-48(9)34(41(40)50)18-19-37-47(8)22-21-38(60-39(55)29-45(4,5)44(57)58)46(6,7)36(47)20-23-49(37,48)10/h14-17,30,34,36-38H,18-29H2,1-13H3,(H,57,58)/t34-,36+,37-,38+,47+,48-,49-,50-/m1/s1. The molecule has 1 aromatic heterocycles. The molecule has 4 saturated carbocycles. The summed E-state index contributed by atoms with van der Waals surface area (Å²) in [7, 11) is 5.78. The molecule has 10 heteroatoms. The van der Waals surface area contributed by atoms with Crippen LogP contribution >= 0.6 is 0 Å². The number of nitrogens with zero attached hydrogens (tertiary/aromatic N) is 3. The van der Waals surface area contributed by atoms with E-state index in [2.05, 4.69) is 72.1 Å². The monoisotopic (exact) mass is 828 g/mol. The summed E-state index contributed by atoms with van der Waals surface area (Å²) in [4.78, 5) is 56.6. The molecule has 5 aliphatic rings. The van der Waals surface area contributed by atoms with Gasteiger partial charge in [0.15, 0.2) is 5.78 Å². The SMILES string of the molecule is COc1ccc(-n2c(=O)c(C)c([C@@]34CC[C@]5(C)[C@H](CC[C@@H]6[C@@]7(C)CC[C@H](OC(=O)CC(C)(C)C(=O)O)C(C)(C)[C@@H]7CC[C@]65C)C3=C(C(C)C)C(=O)C4)n2CCN(C)C)cc1. The van der Waals surface area contributed by atoms with E-state index in [-0.39, 0.29) is 57.4 Å². The number of benzene rings is 1. The molecule has 0 spiro atoms. The number of carbonyl (C=O) groups is 3. The lowest BCUT2D eigenvalue weighted by molar-refractivity contribution is -0.232. The highest BCUT2D eigenvalue weighted by Gasteiger charge is 2.71. The maximum atomic E-state index is 14.7. The van der Waals surface area contributed by atoms with Gasteiger partial charge in [-0.1, -0.05) is 48.5 Å². The molecule has 0 saturated heterocycles. The van der Waals surface area contributed by atoms with E-state index >= 15 is 0 Å². The predicted molar refractivity (Wildman–Crippen MR) is 234 cm³/mol. The van der Waals surface area contributed by atoms with Crippen LogP contribution in [0.5, 0.6) is 5.75 Å². The Kier molecular flexibility index (Phi) is 11.1. The lowest BCUT2D eigenvalue weighted by Gasteiger charge is -2.72. The van der Waals surface area contributed by atoms with Crippen LogP contribution in [0.1, 0.15) is 138 Å². The van der Waals surface area contributed by atoms with Crippen molar-refractivity contribution in [3.8, 4) is 11.4 Å². The maximum Gasteiger partial charge on any atom is 0.309 e. The zero-order chi connectivity index (χ0) is 44.1. The molecule has 8 atom stereocenters. The van der Waals surface area contributed by atoms with Gasteiger partial charge in [0, 0.05) is 29.4 Å². The summed E-state index contributed by atoms with van der Waals surface area (Å²) < 4.78 is 15.8. The number of aliphatic carboxylic acids is 1. The van der Waals surface area contributed by atoms with Crippen molar-refractivity contribution in [3.63, 3.8) is 0 Å². The van der Waals surface area contributed by atoms with Crippen molar-refractivity contribution < 1.29 is 29.0 Å². The predicted octanol–water partition coefficient (Wildman–Crippen LogP) is 9.16. The number of esters is 1. The first kappa shape index (κ1) is 44.4. The minimum Gasteiger partial charge on any atom is -0.497 e. The number of likely N-dealkylation sites (N-methyl/N-ethyl adjacent to an activating group) is 1. The van der Waals surface area contributed by atoms with E-state index in [1.165, 1.54) is 5.57 Å². The normalized spacial score (nSPS) is 33.6. The van der Waals surface area contributed by atoms with Crippen molar-refractivity contribution in [2.24, 2.45) is 50.7 Å². The molecule has 1 aromatic carbocycles. The third kappa shape index (κ3) is 6.49. The fourth-order valence-corrected chi connectivity index (χ4v) is 14.5. The Morgan fingerprint density at radius 3 is 2.18 bits per heavy atom. The summed E-state index contributed by atoms with van der Waals surface area (Å²) in [6, 6.07) is 7.73. The molecule has 0 radical (unpaired) electrons. The summed E-state index contributed by atoms with van der Waals surface area (Å²) in [6.07, 6.45) is 7.69. The molecule has 1 N–H and O–H groups in total. The second-order valence-electron chi connectivity index (χ2n) is 22.2. The number of aromatic nitrogens is 2. The second-order valence-corrected chi connectivity index (χ2v) is 22.2. The number of fused-ring (bicyclic) bond motifs is 7. The van der Waals surface area contributed by atoms with Gasteiger partial charge >= 0.3 is 11.9 Å². The Labute approximate surface area is 358 Å². The average molecular weight is 828 g/mol. The highest BCUT2D eigenvalue weighted by Crippen LogP contribution is 2.77. The molecule has 10 nitrogen and oxygen atoms in total. The van der Waals surface area contributed by atoms with Crippen LogP contribution in [0.15, 0.2) is 40.2 Å². The number of hydrogen-bond acceptors (Lipinski definition) is 7. The van der Waals surface area contributed by atoms with E-state index in [1.54, 1.807) is 21.0 Å². The number of methoxy groups -OCH3 is 1. The molecule has 0 unspecified atom stereocenters. The zero-order valence-corrected chi connectivity index (χ0v) is 38.9. The van der Waals surface area contributed by atoms with Crippen molar-refractivity contribution >= 4 is 17.7 Å². The van der Waals surface area contributed by atoms with Crippen molar-refractivity contribution in [2.45, 2.75) is 152 Å². The summed E-state index contributed by atoms with van der Waals surface area (Å²) in [5.74, 6) is 0.636. The molecular weight excluding hydrogens is 755 g/mol. The molecule has 1 heterocycles. The Morgan fingerprint density at radius 2 is 1.58 bits per heavy atom. The van der Waals surface area contributed by atoms with Gasteiger partial charge in [0.1, 0.15) is 11.9 Å². The van der Waals surface area contributed by atoms with Crippen molar-refractivity contribution in [1.29, 1.82) is 0 Å². The van der Waals surface area contributed by atoms with Crippen LogP contribution in [0.2, 0.25) is 0 Å². The van der Waals surface area contributed by atoms with Crippen LogP contribution in [0.4, 0.5) is 0 Å². The minimum absolute atomic E-state index is 0.00776. The number of allylic oxidation sites excluding steroid dienone is 2. The number of ketones is 1. The van der Waals surface area contributed by atoms with Gasteiger partial charge < -0.3 is 19.5 Å². The topological polar surface area (TPSA) is 120 Å². The largest absolute Gasteiger partial charge is 0.497 e. The molecule has 330 valence electrons. The van der Waals surface area contributed by atoms with Gasteiger partial charge in [-0.25, -0.2) is 4.68 Å².